The van der Waals surface area contributed by atoms with E-state index in [0.717, 1.165) is 11.6 Å². The number of rotatable bonds is 4. The summed E-state index contributed by atoms with van der Waals surface area (Å²) < 4.78 is 13.0. The Labute approximate surface area is 177 Å². The standard InChI is InChI=1S/C23H20FN3O4/c24-17-7-5-14(6-8-17)12-25-21(29)18-11-19(26-22(30)20(18)28)23(31)27-10-9-15-3-1-2-4-16(15)13-27/h1-8,11,28H,9-10,12-13H2,(H,25,29)(H,26,30). The molecule has 0 spiro atoms. The van der Waals surface area contributed by atoms with Gasteiger partial charge >= 0.3 is 0 Å². The summed E-state index contributed by atoms with van der Waals surface area (Å²) in [5.74, 6) is -3.04. The molecule has 8 heteroatoms. The van der Waals surface area contributed by atoms with Gasteiger partial charge in [0.05, 0.1) is 5.56 Å². The molecule has 2 heterocycles. The van der Waals surface area contributed by atoms with Gasteiger partial charge in [0.1, 0.15) is 11.5 Å². The third kappa shape index (κ3) is 4.32. The van der Waals surface area contributed by atoms with Crippen molar-refractivity contribution in [2.45, 2.75) is 19.5 Å². The highest BCUT2D eigenvalue weighted by Crippen LogP contribution is 2.29. The van der Waals surface area contributed by atoms with Crippen LogP contribution in [0.15, 0.2) is 54.6 Å². The van der Waals surface area contributed by atoms with Crippen molar-refractivity contribution in [2.75, 3.05) is 6.54 Å². The number of fused-ring (bicyclic) bond motifs is 1. The fourth-order valence-corrected chi connectivity index (χ4v) is 3.52. The molecule has 4 rings (SSSR count). The maximum atomic E-state index is 13.0. The Kier molecular flexibility index (Phi) is 5.53. The Balaban J connectivity index is 1.52. The third-order valence-electron chi connectivity index (χ3n) is 5.22. The van der Waals surface area contributed by atoms with E-state index in [1.165, 1.54) is 29.8 Å². The summed E-state index contributed by atoms with van der Waals surface area (Å²) in [7, 11) is 0. The lowest BCUT2D eigenvalue weighted by molar-refractivity contribution is 0.0727. The first-order chi connectivity index (χ1) is 14.9. The fraction of sp³-hybridized carbons (Fsp3) is 0.174. The van der Waals surface area contributed by atoms with Crippen LogP contribution in [0.4, 0.5) is 4.39 Å². The number of aromatic hydroxyl groups is 2. The van der Waals surface area contributed by atoms with E-state index in [9.17, 15) is 24.2 Å². The lowest BCUT2D eigenvalue weighted by Crippen LogP contribution is -2.36. The second-order valence-corrected chi connectivity index (χ2v) is 7.28. The summed E-state index contributed by atoms with van der Waals surface area (Å²) >= 11 is 0. The molecule has 7 nitrogen and oxygen atoms in total. The number of halogens is 1. The molecule has 0 aliphatic carbocycles. The highest BCUT2D eigenvalue weighted by Gasteiger charge is 2.26. The molecule has 2 aromatic carbocycles. The van der Waals surface area contributed by atoms with Crippen LogP contribution < -0.4 is 5.32 Å². The van der Waals surface area contributed by atoms with Crippen LogP contribution in [0.25, 0.3) is 0 Å². The summed E-state index contributed by atoms with van der Waals surface area (Å²) in [4.78, 5) is 30.9. The largest absolute Gasteiger partial charge is 0.503 e. The smallest absolute Gasteiger partial charge is 0.272 e. The lowest BCUT2D eigenvalue weighted by Gasteiger charge is -2.28. The van der Waals surface area contributed by atoms with Crippen LogP contribution in [0, 0.1) is 5.82 Å². The number of nitrogens with one attached hydrogen (secondary N) is 1. The predicted molar refractivity (Wildman–Crippen MR) is 110 cm³/mol. The van der Waals surface area contributed by atoms with E-state index in [1.807, 2.05) is 24.3 Å². The topological polar surface area (TPSA) is 103 Å². The molecule has 0 radical (unpaired) electrons. The van der Waals surface area contributed by atoms with Crippen molar-refractivity contribution in [3.05, 3.63) is 88.4 Å². The molecule has 1 aromatic heterocycles. The minimum Gasteiger partial charge on any atom is -0.503 e. The van der Waals surface area contributed by atoms with Crippen LogP contribution in [-0.2, 0) is 19.5 Å². The molecule has 0 saturated heterocycles. The third-order valence-corrected chi connectivity index (χ3v) is 5.22. The van der Waals surface area contributed by atoms with Crippen molar-refractivity contribution in [1.29, 1.82) is 0 Å². The van der Waals surface area contributed by atoms with Gasteiger partial charge in [-0.15, -0.1) is 0 Å². The van der Waals surface area contributed by atoms with Gasteiger partial charge in [-0.2, -0.15) is 0 Å². The Morgan fingerprint density at radius 2 is 1.77 bits per heavy atom. The maximum absolute atomic E-state index is 13.0. The van der Waals surface area contributed by atoms with Crippen LogP contribution in [-0.4, -0.2) is 38.5 Å². The monoisotopic (exact) mass is 421 g/mol. The SMILES string of the molecule is O=C(NCc1ccc(F)cc1)c1cc(C(=O)N2CCc3ccccc3C2)nc(O)c1O. The van der Waals surface area contributed by atoms with Crippen LogP contribution in [0.5, 0.6) is 11.6 Å². The number of amides is 2. The zero-order chi connectivity index (χ0) is 22.0. The second-order valence-electron chi connectivity index (χ2n) is 7.28. The number of nitrogens with zero attached hydrogens (tertiary/aromatic N) is 2. The lowest BCUT2D eigenvalue weighted by atomic mass is 9.99. The summed E-state index contributed by atoms with van der Waals surface area (Å²) in [5.41, 5.74) is 2.45. The molecular formula is C23H20FN3O4. The first-order valence-electron chi connectivity index (χ1n) is 9.74. The Hall–Kier alpha value is -3.94. The molecule has 0 atom stereocenters. The number of carbonyl (C=O) groups excluding carboxylic acids is 2. The number of carbonyl (C=O) groups is 2. The van der Waals surface area contributed by atoms with Crippen LogP contribution in [0.2, 0.25) is 0 Å². The minimum atomic E-state index is -0.796. The fourth-order valence-electron chi connectivity index (χ4n) is 3.52. The highest BCUT2D eigenvalue weighted by molar-refractivity contribution is 6.01. The van der Waals surface area contributed by atoms with E-state index < -0.39 is 29.3 Å². The first kappa shape index (κ1) is 20.3. The van der Waals surface area contributed by atoms with Crippen molar-refractivity contribution < 1.29 is 24.2 Å². The average molecular weight is 421 g/mol. The van der Waals surface area contributed by atoms with Crippen molar-refractivity contribution in [3.8, 4) is 11.6 Å². The van der Waals surface area contributed by atoms with Gasteiger partial charge in [-0.25, -0.2) is 9.37 Å². The number of hydrogen-bond acceptors (Lipinski definition) is 5. The van der Waals surface area contributed by atoms with Crippen LogP contribution >= 0.6 is 0 Å². The number of hydrogen-bond donors (Lipinski definition) is 3. The van der Waals surface area contributed by atoms with E-state index in [1.54, 1.807) is 4.90 Å². The van der Waals surface area contributed by atoms with E-state index in [0.29, 0.717) is 25.1 Å². The zero-order valence-corrected chi connectivity index (χ0v) is 16.5. The van der Waals surface area contributed by atoms with Crippen LogP contribution in [0.3, 0.4) is 0 Å². The quantitative estimate of drug-likeness (QED) is 0.601. The van der Waals surface area contributed by atoms with E-state index in [-0.39, 0.29) is 17.8 Å². The van der Waals surface area contributed by atoms with Crippen LogP contribution in [0.1, 0.15) is 37.5 Å². The van der Waals surface area contributed by atoms with Crippen molar-refractivity contribution in [3.63, 3.8) is 0 Å². The minimum absolute atomic E-state index is 0.0772. The molecule has 2 amide bonds. The first-order valence-corrected chi connectivity index (χ1v) is 9.74. The molecule has 0 bridgehead atoms. The maximum Gasteiger partial charge on any atom is 0.272 e. The van der Waals surface area contributed by atoms with Gasteiger partial charge in [0.2, 0.25) is 0 Å². The van der Waals surface area contributed by atoms with E-state index >= 15 is 0 Å². The van der Waals surface area contributed by atoms with Gasteiger partial charge < -0.3 is 20.4 Å². The summed E-state index contributed by atoms with van der Waals surface area (Å²) in [6.07, 6.45) is 0.691. The summed E-state index contributed by atoms with van der Waals surface area (Å²) in [6, 6.07) is 14.6. The molecule has 1 aliphatic heterocycles. The Morgan fingerprint density at radius 3 is 2.52 bits per heavy atom. The Bertz CT molecular complexity index is 1150. The molecular weight excluding hydrogens is 401 g/mol. The van der Waals surface area contributed by atoms with Gasteiger partial charge in [0, 0.05) is 19.6 Å². The molecule has 31 heavy (non-hydrogen) atoms. The molecule has 1 aliphatic rings. The molecule has 3 N–H and O–H groups in total. The normalized spacial score (nSPS) is 12.9. The Morgan fingerprint density at radius 1 is 1.06 bits per heavy atom. The van der Waals surface area contributed by atoms with Crippen molar-refractivity contribution in [2.24, 2.45) is 0 Å². The summed E-state index contributed by atoms with van der Waals surface area (Å²) in [6.45, 7) is 0.948. The van der Waals surface area contributed by atoms with Crippen molar-refractivity contribution >= 4 is 11.8 Å². The molecule has 158 valence electrons. The van der Waals surface area contributed by atoms with Gasteiger partial charge in [-0.3, -0.25) is 9.59 Å². The average Bonchev–Trinajstić information content (AvgIpc) is 2.79. The number of benzene rings is 2. The van der Waals surface area contributed by atoms with Gasteiger partial charge in [-0.1, -0.05) is 36.4 Å². The number of pyridine rings is 1. The summed E-state index contributed by atoms with van der Waals surface area (Å²) in [5, 5.41) is 22.7. The molecule has 0 saturated carbocycles. The van der Waals surface area contributed by atoms with Gasteiger partial charge in [-0.05, 0) is 41.3 Å². The zero-order valence-electron chi connectivity index (χ0n) is 16.5. The second kappa shape index (κ2) is 8.43. The predicted octanol–water partition coefficient (Wildman–Crippen LogP) is 2.76. The highest BCUT2D eigenvalue weighted by atomic mass is 19.1. The van der Waals surface area contributed by atoms with E-state index in [2.05, 4.69) is 10.3 Å². The molecule has 3 aromatic rings. The van der Waals surface area contributed by atoms with Gasteiger partial charge in [0.25, 0.3) is 17.7 Å². The molecule has 0 fully saturated rings. The van der Waals surface area contributed by atoms with Crippen molar-refractivity contribution in [1.82, 2.24) is 15.2 Å². The molecule has 0 unspecified atom stereocenters. The number of aromatic nitrogens is 1. The van der Waals surface area contributed by atoms with Gasteiger partial charge in [0.15, 0.2) is 5.75 Å². The van der Waals surface area contributed by atoms with E-state index in [4.69, 9.17) is 0 Å².